The summed E-state index contributed by atoms with van der Waals surface area (Å²) < 4.78 is 4.91. The van der Waals surface area contributed by atoms with Crippen LogP contribution in [0.25, 0.3) is 10.9 Å². The second kappa shape index (κ2) is 8.23. The Balaban J connectivity index is 2.10. The van der Waals surface area contributed by atoms with E-state index in [2.05, 4.69) is 10.3 Å². The van der Waals surface area contributed by atoms with Gasteiger partial charge in [0.1, 0.15) is 6.04 Å². The summed E-state index contributed by atoms with van der Waals surface area (Å²) in [5, 5.41) is 3.37. The minimum Gasteiger partial charge on any atom is -0.466 e. The van der Waals surface area contributed by atoms with Crippen LogP contribution in [-0.2, 0) is 14.3 Å². The molecule has 1 heterocycles. The van der Waals surface area contributed by atoms with E-state index in [1.807, 2.05) is 24.3 Å². The first kappa shape index (κ1) is 18.4. The molecule has 1 aromatic heterocycles. The van der Waals surface area contributed by atoms with Gasteiger partial charge >= 0.3 is 5.97 Å². The molecule has 0 fully saturated rings. The summed E-state index contributed by atoms with van der Waals surface area (Å²) in [6.07, 6.45) is 1.51. The molecule has 0 saturated carbocycles. The summed E-state index contributed by atoms with van der Waals surface area (Å²) in [6, 6.07) is 8.09. The van der Waals surface area contributed by atoms with Crippen molar-refractivity contribution in [1.82, 2.24) is 10.3 Å². The van der Waals surface area contributed by atoms with E-state index in [1.54, 1.807) is 19.9 Å². The zero-order valence-corrected chi connectivity index (χ0v) is 14.2. The second-order valence-electron chi connectivity index (χ2n) is 5.73. The van der Waals surface area contributed by atoms with Crippen LogP contribution in [0.15, 0.2) is 36.5 Å². The standard InChI is InChI=1S/C18H21N3O4/c1-3-25-18(24)11(2)8-15(16(19)22)21-17(23)13-9-12-6-4-5-7-14(12)20-10-13/h4-7,9-11,15H,3,8H2,1-2H3,(H2,19,22)(H,21,23)/t11-,15+/m1/s1. The lowest BCUT2D eigenvalue weighted by molar-refractivity contribution is -0.147. The van der Waals surface area contributed by atoms with E-state index in [9.17, 15) is 14.4 Å². The number of para-hydroxylation sites is 1. The monoisotopic (exact) mass is 343 g/mol. The number of benzene rings is 1. The van der Waals surface area contributed by atoms with Crippen LogP contribution < -0.4 is 11.1 Å². The van der Waals surface area contributed by atoms with Crippen molar-refractivity contribution >= 4 is 28.7 Å². The number of ether oxygens (including phenoxy) is 1. The maximum absolute atomic E-state index is 12.4. The molecule has 2 atom stereocenters. The Morgan fingerprint density at radius 3 is 2.68 bits per heavy atom. The lowest BCUT2D eigenvalue weighted by Crippen LogP contribution is -2.46. The van der Waals surface area contributed by atoms with Crippen LogP contribution in [0.4, 0.5) is 0 Å². The molecule has 25 heavy (non-hydrogen) atoms. The largest absolute Gasteiger partial charge is 0.466 e. The van der Waals surface area contributed by atoms with Crippen molar-refractivity contribution in [3.63, 3.8) is 0 Å². The van der Waals surface area contributed by atoms with E-state index in [0.717, 1.165) is 10.9 Å². The van der Waals surface area contributed by atoms with Crippen molar-refractivity contribution in [1.29, 1.82) is 0 Å². The second-order valence-corrected chi connectivity index (χ2v) is 5.73. The number of nitrogens with one attached hydrogen (secondary N) is 1. The van der Waals surface area contributed by atoms with Gasteiger partial charge in [-0.05, 0) is 25.5 Å². The summed E-state index contributed by atoms with van der Waals surface area (Å²) in [4.78, 5) is 40.0. The van der Waals surface area contributed by atoms with E-state index in [1.165, 1.54) is 6.20 Å². The molecular weight excluding hydrogens is 322 g/mol. The molecule has 0 saturated heterocycles. The van der Waals surface area contributed by atoms with Gasteiger partial charge in [0.05, 0.1) is 23.6 Å². The number of fused-ring (bicyclic) bond motifs is 1. The van der Waals surface area contributed by atoms with Crippen LogP contribution in [0, 0.1) is 5.92 Å². The van der Waals surface area contributed by atoms with Crippen molar-refractivity contribution in [2.45, 2.75) is 26.3 Å². The molecular formula is C18H21N3O4. The van der Waals surface area contributed by atoms with Gasteiger partial charge in [-0.3, -0.25) is 19.4 Å². The highest BCUT2D eigenvalue weighted by molar-refractivity contribution is 5.99. The summed E-state index contributed by atoms with van der Waals surface area (Å²) in [5.74, 6) is -2.18. The Hall–Kier alpha value is -2.96. The first-order valence-electron chi connectivity index (χ1n) is 8.04. The maximum Gasteiger partial charge on any atom is 0.308 e. The predicted molar refractivity (Wildman–Crippen MR) is 92.6 cm³/mol. The van der Waals surface area contributed by atoms with Crippen molar-refractivity contribution in [2.75, 3.05) is 6.61 Å². The Morgan fingerprint density at radius 2 is 2.00 bits per heavy atom. The Kier molecular flexibility index (Phi) is 6.05. The number of hydrogen-bond donors (Lipinski definition) is 2. The Bertz CT molecular complexity index is 791. The molecule has 2 rings (SSSR count). The minimum atomic E-state index is -0.974. The maximum atomic E-state index is 12.4. The first-order valence-corrected chi connectivity index (χ1v) is 8.04. The average molecular weight is 343 g/mol. The average Bonchev–Trinajstić information content (AvgIpc) is 2.60. The number of esters is 1. The van der Waals surface area contributed by atoms with E-state index in [-0.39, 0.29) is 13.0 Å². The van der Waals surface area contributed by atoms with E-state index in [0.29, 0.717) is 5.56 Å². The van der Waals surface area contributed by atoms with Crippen LogP contribution in [-0.4, -0.2) is 35.4 Å². The van der Waals surface area contributed by atoms with Crippen molar-refractivity contribution in [3.8, 4) is 0 Å². The molecule has 0 unspecified atom stereocenters. The van der Waals surface area contributed by atoms with Crippen LogP contribution in [0.2, 0.25) is 0 Å². The summed E-state index contributed by atoms with van der Waals surface area (Å²) in [7, 11) is 0. The molecule has 7 heteroatoms. The molecule has 2 amide bonds. The third-order valence-electron chi connectivity index (χ3n) is 3.78. The van der Waals surface area contributed by atoms with Gasteiger partial charge in [-0.2, -0.15) is 0 Å². The van der Waals surface area contributed by atoms with E-state index < -0.39 is 29.7 Å². The van der Waals surface area contributed by atoms with Gasteiger partial charge in [0.25, 0.3) is 5.91 Å². The van der Waals surface area contributed by atoms with Crippen LogP contribution in [0.1, 0.15) is 30.6 Å². The SMILES string of the molecule is CCOC(=O)[C@H](C)C[C@H](NC(=O)c1cnc2ccccc2c1)C(N)=O. The highest BCUT2D eigenvalue weighted by Crippen LogP contribution is 2.14. The fourth-order valence-corrected chi connectivity index (χ4v) is 2.42. The number of rotatable bonds is 7. The number of aromatic nitrogens is 1. The molecule has 0 radical (unpaired) electrons. The molecule has 132 valence electrons. The molecule has 0 aliphatic rings. The molecule has 1 aromatic carbocycles. The van der Waals surface area contributed by atoms with Crippen molar-refractivity contribution in [3.05, 3.63) is 42.1 Å². The summed E-state index contributed by atoms with van der Waals surface area (Å²) in [5.41, 5.74) is 6.43. The quantitative estimate of drug-likeness (QED) is 0.738. The molecule has 0 aliphatic heterocycles. The van der Waals surface area contributed by atoms with Crippen molar-refractivity contribution in [2.24, 2.45) is 11.7 Å². The fourth-order valence-electron chi connectivity index (χ4n) is 2.42. The van der Waals surface area contributed by atoms with Gasteiger partial charge in [-0.1, -0.05) is 25.1 Å². The number of hydrogen-bond acceptors (Lipinski definition) is 5. The number of nitrogens with zero attached hydrogens (tertiary/aromatic N) is 1. The van der Waals surface area contributed by atoms with Gasteiger partial charge < -0.3 is 15.8 Å². The molecule has 0 spiro atoms. The Labute approximate surface area is 145 Å². The lowest BCUT2D eigenvalue weighted by Gasteiger charge is -2.19. The highest BCUT2D eigenvalue weighted by Gasteiger charge is 2.25. The first-order chi connectivity index (χ1) is 11.9. The zero-order chi connectivity index (χ0) is 18.4. The van der Waals surface area contributed by atoms with Gasteiger partial charge in [-0.15, -0.1) is 0 Å². The molecule has 0 aliphatic carbocycles. The minimum absolute atomic E-state index is 0.0704. The molecule has 2 aromatic rings. The van der Waals surface area contributed by atoms with Crippen LogP contribution >= 0.6 is 0 Å². The third-order valence-corrected chi connectivity index (χ3v) is 3.78. The summed E-state index contributed by atoms with van der Waals surface area (Å²) in [6.45, 7) is 3.57. The number of pyridine rings is 1. The number of carbonyl (C=O) groups excluding carboxylic acids is 3. The van der Waals surface area contributed by atoms with Crippen LogP contribution in [0.3, 0.4) is 0 Å². The zero-order valence-electron chi connectivity index (χ0n) is 14.2. The normalized spacial score (nSPS) is 13.0. The third kappa shape index (κ3) is 4.76. The summed E-state index contributed by atoms with van der Waals surface area (Å²) >= 11 is 0. The molecule has 0 bridgehead atoms. The van der Waals surface area contributed by atoms with Crippen molar-refractivity contribution < 1.29 is 19.1 Å². The molecule has 7 nitrogen and oxygen atoms in total. The predicted octanol–water partition coefficient (Wildman–Crippen LogP) is 1.41. The van der Waals surface area contributed by atoms with E-state index >= 15 is 0 Å². The van der Waals surface area contributed by atoms with E-state index in [4.69, 9.17) is 10.5 Å². The number of amides is 2. The fraction of sp³-hybridized carbons (Fsp3) is 0.333. The number of nitrogens with two attached hydrogens (primary N) is 1. The molecule has 3 N–H and O–H groups in total. The number of primary amides is 1. The van der Waals surface area contributed by atoms with Gasteiger partial charge in [0.2, 0.25) is 5.91 Å². The topological polar surface area (TPSA) is 111 Å². The smallest absolute Gasteiger partial charge is 0.308 e. The highest BCUT2D eigenvalue weighted by atomic mass is 16.5. The van der Waals surface area contributed by atoms with Crippen LogP contribution in [0.5, 0.6) is 0 Å². The van der Waals surface area contributed by atoms with Gasteiger partial charge in [0, 0.05) is 11.6 Å². The number of carbonyl (C=O) groups is 3. The van der Waals surface area contributed by atoms with Gasteiger partial charge in [-0.25, -0.2) is 0 Å². The Morgan fingerprint density at radius 1 is 1.28 bits per heavy atom. The lowest BCUT2D eigenvalue weighted by atomic mass is 10.0. The van der Waals surface area contributed by atoms with Gasteiger partial charge in [0.15, 0.2) is 0 Å².